The second-order valence-corrected chi connectivity index (χ2v) is 3.41. The number of nitro groups is 1. The fourth-order valence-corrected chi connectivity index (χ4v) is 1.67. The molecule has 0 bridgehead atoms. The maximum Gasteiger partial charge on any atom is 0.295 e. The lowest BCUT2D eigenvalue weighted by Gasteiger charge is -2.00. The molecule has 15 heavy (non-hydrogen) atoms. The molecule has 2 rings (SSSR count). The molecule has 0 radical (unpaired) electrons. The lowest BCUT2D eigenvalue weighted by atomic mass is 10.2. The Bertz CT molecular complexity index is 559. The highest BCUT2D eigenvalue weighted by atomic mass is 35.5. The highest BCUT2D eigenvalue weighted by molar-refractivity contribution is 6.36. The van der Waals surface area contributed by atoms with Crippen molar-refractivity contribution in [2.24, 2.45) is 0 Å². The smallest absolute Gasteiger partial charge is 0.258 e. The molecule has 2 aromatic rings. The summed E-state index contributed by atoms with van der Waals surface area (Å²) in [6.07, 6.45) is 0. The van der Waals surface area contributed by atoms with Gasteiger partial charge in [-0.15, -0.1) is 0 Å². The van der Waals surface area contributed by atoms with E-state index in [1.54, 1.807) is 6.07 Å². The Labute approximate surface area is 93.8 Å². The number of non-ortho nitro benzene ring substituents is 1. The fraction of sp³-hybridized carbons (Fsp3) is 0. The van der Waals surface area contributed by atoms with E-state index in [0.29, 0.717) is 5.39 Å². The summed E-state index contributed by atoms with van der Waals surface area (Å²) in [5, 5.41) is 11.1. The number of para-hydroxylation sites is 1. The minimum absolute atomic E-state index is 0.105. The van der Waals surface area contributed by atoms with Gasteiger partial charge in [-0.25, -0.2) is 9.97 Å². The van der Waals surface area contributed by atoms with Crippen LogP contribution in [0.4, 0.5) is 5.69 Å². The van der Waals surface area contributed by atoms with Gasteiger partial charge >= 0.3 is 0 Å². The first-order chi connectivity index (χ1) is 7.09. The zero-order valence-corrected chi connectivity index (χ0v) is 8.66. The van der Waals surface area contributed by atoms with Crippen molar-refractivity contribution in [1.82, 2.24) is 9.97 Å². The van der Waals surface area contributed by atoms with Gasteiger partial charge in [-0.1, -0.05) is 17.7 Å². The van der Waals surface area contributed by atoms with Crippen LogP contribution in [0, 0.1) is 10.1 Å². The highest BCUT2D eigenvalue weighted by Gasteiger charge is 2.15. The van der Waals surface area contributed by atoms with Gasteiger partial charge in [0.05, 0.1) is 4.92 Å². The molecule has 0 N–H and O–H groups in total. The summed E-state index contributed by atoms with van der Waals surface area (Å²) in [4.78, 5) is 17.6. The van der Waals surface area contributed by atoms with E-state index in [1.165, 1.54) is 12.1 Å². The number of rotatable bonds is 1. The summed E-state index contributed by atoms with van der Waals surface area (Å²) in [6, 6.07) is 4.45. The maximum atomic E-state index is 10.7. The largest absolute Gasteiger partial charge is 0.295 e. The number of hydrogen-bond acceptors (Lipinski definition) is 4. The van der Waals surface area contributed by atoms with Crippen molar-refractivity contribution in [3.63, 3.8) is 0 Å². The number of nitrogens with zero attached hydrogens (tertiary/aromatic N) is 3. The zero-order chi connectivity index (χ0) is 11.0. The van der Waals surface area contributed by atoms with Crippen LogP contribution in [0.15, 0.2) is 18.2 Å². The van der Waals surface area contributed by atoms with E-state index >= 15 is 0 Å². The predicted octanol–water partition coefficient (Wildman–Crippen LogP) is 2.84. The summed E-state index contributed by atoms with van der Waals surface area (Å²) >= 11 is 11.4. The molecule has 0 aliphatic heterocycles. The summed E-state index contributed by atoms with van der Waals surface area (Å²) in [5.41, 5.74) is 0.00574. The van der Waals surface area contributed by atoms with Crippen molar-refractivity contribution in [1.29, 1.82) is 0 Å². The molecule has 0 aliphatic rings. The number of aromatic nitrogens is 2. The van der Waals surface area contributed by atoms with Crippen LogP contribution in [-0.4, -0.2) is 14.9 Å². The normalized spacial score (nSPS) is 10.5. The Kier molecular flexibility index (Phi) is 2.42. The Balaban J connectivity index is 2.91. The monoisotopic (exact) mass is 243 g/mol. The molecule has 1 heterocycles. The quantitative estimate of drug-likeness (QED) is 0.334. The molecule has 7 heteroatoms. The van der Waals surface area contributed by atoms with Crippen LogP contribution >= 0.6 is 23.2 Å². The Morgan fingerprint density at radius 3 is 2.67 bits per heavy atom. The van der Waals surface area contributed by atoms with Crippen LogP contribution in [0.1, 0.15) is 0 Å². The van der Waals surface area contributed by atoms with Crippen molar-refractivity contribution in [2.75, 3.05) is 0 Å². The van der Waals surface area contributed by atoms with Crippen LogP contribution in [-0.2, 0) is 0 Å². The van der Waals surface area contributed by atoms with E-state index < -0.39 is 4.92 Å². The zero-order valence-electron chi connectivity index (χ0n) is 7.15. The maximum absolute atomic E-state index is 10.7. The third kappa shape index (κ3) is 1.71. The van der Waals surface area contributed by atoms with Crippen LogP contribution < -0.4 is 0 Å². The van der Waals surface area contributed by atoms with E-state index in [-0.39, 0.29) is 21.6 Å². The van der Waals surface area contributed by atoms with Gasteiger partial charge in [0, 0.05) is 11.5 Å². The molecule has 76 valence electrons. The van der Waals surface area contributed by atoms with Crippen molar-refractivity contribution < 1.29 is 4.92 Å². The topological polar surface area (TPSA) is 68.9 Å². The van der Waals surface area contributed by atoms with Crippen molar-refractivity contribution in [3.05, 3.63) is 38.8 Å². The van der Waals surface area contributed by atoms with Crippen molar-refractivity contribution >= 4 is 39.8 Å². The standard InChI is InChI=1S/C8H3Cl2N3O2/c9-7-4-2-1-3-5(13(14)15)6(4)11-8(10)12-7/h1-3H. The molecule has 0 saturated carbocycles. The van der Waals surface area contributed by atoms with Gasteiger partial charge in [-0.3, -0.25) is 10.1 Å². The Morgan fingerprint density at radius 2 is 2.00 bits per heavy atom. The molecule has 1 aromatic heterocycles. The number of halogens is 2. The summed E-state index contributed by atoms with van der Waals surface area (Å²) in [5.74, 6) is 0. The van der Waals surface area contributed by atoms with E-state index in [1.807, 2.05) is 0 Å². The molecule has 0 atom stereocenters. The molecular formula is C8H3Cl2N3O2. The second-order valence-electron chi connectivity index (χ2n) is 2.71. The fourth-order valence-electron chi connectivity index (χ4n) is 1.22. The SMILES string of the molecule is O=[N+]([O-])c1cccc2c(Cl)nc(Cl)nc12. The molecule has 0 aliphatic carbocycles. The first kappa shape index (κ1) is 10.1. The summed E-state index contributed by atoms with van der Waals surface area (Å²) < 4.78 is 0. The van der Waals surface area contributed by atoms with E-state index in [2.05, 4.69) is 9.97 Å². The Morgan fingerprint density at radius 1 is 1.27 bits per heavy atom. The molecule has 0 unspecified atom stereocenters. The molecular weight excluding hydrogens is 241 g/mol. The van der Waals surface area contributed by atoms with Gasteiger partial charge < -0.3 is 0 Å². The number of nitro benzene ring substituents is 1. The van der Waals surface area contributed by atoms with Gasteiger partial charge in [-0.2, -0.15) is 0 Å². The lowest BCUT2D eigenvalue weighted by Crippen LogP contribution is -1.93. The average Bonchev–Trinajstić information content (AvgIpc) is 2.16. The summed E-state index contributed by atoms with van der Waals surface area (Å²) in [6.45, 7) is 0. The molecule has 1 aromatic carbocycles. The third-order valence-corrected chi connectivity index (χ3v) is 2.29. The predicted molar refractivity (Wildman–Crippen MR) is 56.2 cm³/mol. The highest BCUT2D eigenvalue weighted by Crippen LogP contribution is 2.28. The van der Waals surface area contributed by atoms with Gasteiger partial charge in [0.25, 0.3) is 5.69 Å². The van der Waals surface area contributed by atoms with Crippen LogP contribution in [0.3, 0.4) is 0 Å². The van der Waals surface area contributed by atoms with E-state index in [0.717, 1.165) is 0 Å². The minimum Gasteiger partial charge on any atom is -0.258 e. The molecule has 0 spiro atoms. The first-order valence-electron chi connectivity index (χ1n) is 3.86. The minimum atomic E-state index is -0.540. The number of fused-ring (bicyclic) bond motifs is 1. The van der Waals surface area contributed by atoms with Crippen LogP contribution in [0.5, 0.6) is 0 Å². The van der Waals surface area contributed by atoms with Gasteiger partial charge in [0.15, 0.2) is 5.52 Å². The van der Waals surface area contributed by atoms with Crippen molar-refractivity contribution in [2.45, 2.75) is 0 Å². The lowest BCUT2D eigenvalue weighted by molar-refractivity contribution is -0.383. The summed E-state index contributed by atoms with van der Waals surface area (Å²) in [7, 11) is 0. The van der Waals surface area contributed by atoms with Gasteiger partial charge in [-0.05, 0) is 17.7 Å². The second kappa shape index (κ2) is 3.60. The molecule has 0 saturated heterocycles. The average molecular weight is 244 g/mol. The first-order valence-corrected chi connectivity index (χ1v) is 4.61. The molecule has 0 fully saturated rings. The van der Waals surface area contributed by atoms with E-state index in [4.69, 9.17) is 23.2 Å². The van der Waals surface area contributed by atoms with Crippen LogP contribution in [0.25, 0.3) is 10.9 Å². The van der Waals surface area contributed by atoms with Gasteiger partial charge in [0.2, 0.25) is 5.28 Å². The van der Waals surface area contributed by atoms with Crippen LogP contribution in [0.2, 0.25) is 10.4 Å². The number of hydrogen-bond donors (Lipinski definition) is 0. The molecule has 0 amide bonds. The van der Waals surface area contributed by atoms with E-state index in [9.17, 15) is 10.1 Å². The van der Waals surface area contributed by atoms with Crippen molar-refractivity contribution in [3.8, 4) is 0 Å². The third-order valence-electron chi connectivity index (χ3n) is 1.83. The van der Waals surface area contributed by atoms with Gasteiger partial charge in [0.1, 0.15) is 5.15 Å². The Hall–Kier alpha value is -1.46. The number of benzene rings is 1. The molecule has 5 nitrogen and oxygen atoms in total.